The first kappa shape index (κ1) is 13.2. The van der Waals surface area contributed by atoms with Gasteiger partial charge in [0.1, 0.15) is 11.8 Å². The fraction of sp³-hybridized carbons (Fsp3) is 0.429. The number of nitrogens with one attached hydrogen (secondary N) is 1. The summed E-state index contributed by atoms with van der Waals surface area (Å²) in [7, 11) is 1.61. The van der Waals surface area contributed by atoms with E-state index in [2.05, 4.69) is 11.4 Å². The molecule has 100 valence electrons. The Morgan fingerprint density at radius 1 is 1.58 bits per heavy atom. The zero-order valence-electron chi connectivity index (χ0n) is 10.9. The number of methoxy groups -OCH3 is 1. The van der Waals surface area contributed by atoms with Gasteiger partial charge in [0.15, 0.2) is 0 Å². The van der Waals surface area contributed by atoms with Crippen LogP contribution in [0.4, 0.5) is 5.69 Å². The van der Waals surface area contributed by atoms with Gasteiger partial charge < -0.3 is 15.0 Å². The average molecular weight is 259 g/mol. The molecule has 5 nitrogen and oxygen atoms in total. The quantitative estimate of drug-likeness (QED) is 0.888. The number of benzene rings is 1. The molecule has 0 radical (unpaired) electrons. The second-order valence-corrected chi connectivity index (χ2v) is 4.42. The van der Waals surface area contributed by atoms with Crippen molar-refractivity contribution in [2.45, 2.75) is 18.9 Å². The molecule has 0 aromatic heterocycles. The molecule has 1 unspecified atom stereocenters. The van der Waals surface area contributed by atoms with Crippen molar-refractivity contribution in [1.29, 1.82) is 5.26 Å². The molecule has 1 amide bonds. The summed E-state index contributed by atoms with van der Waals surface area (Å²) in [4.78, 5) is 14.0. The molecule has 1 aromatic carbocycles. The first-order chi connectivity index (χ1) is 9.26. The molecule has 1 N–H and O–H groups in total. The van der Waals surface area contributed by atoms with Gasteiger partial charge in [-0.3, -0.25) is 4.79 Å². The van der Waals surface area contributed by atoms with Gasteiger partial charge in [-0.05, 0) is 18.6 Å². The van der Waals surface area contributed by atoms with Crippen LogP contribution in [0.25, 0.3) is 0 Å². The number of anilines is 1. The molecule has 19 heavy (non-hydrogen) atoms. The molecule has 1 aromatic rings. The van der Waals surface area contributed by atoms with Crippen LogP contribution in [0.1, 0.15) is 12.8 Å². The maximum atomic E-state index is 12.0. The normalized spacial score (nSPS) is 19.3. The maximum absolute atomic E-state index is 12.0. The largest absolute Gasteiger partial charge is 0.497 e. The Hall–Kier alpha value is -2.22. The minimum atomic E-state index is -0.431. The second-order valence-electron chi connectivity index (χ2n) is 4.42. The van der Waals surface area contributed by atoms with E-state index >= 15 is 0 Å². The molecule has 1 aliphatic rings. The third-order valence-electron chi connectivity index (χ3n) is 3.22. The van der Waals surface area contributed by atoms with Gasteiger partial charge in [0.05, 0.1) is 19.6 Å². The molecular formula is C14H17N3O2. The van der Waals surface area contributed by atoms with Crippen LogP contribution in [0.5, 0.6) is 5.75 Å². The lowest BCUT2D eigenvalue weighted by molar-refractivity contribution is -0.121. The predicted molar refractivity (Wildman–Crippen MR) is 72.0 cm³/mol. The summed E-state index contributed by atoms with van der Waals surface area (Å²) >= 11 is 0. The van der Waals surface area contributed by atoms with Gasteiger partial charge in [0.25, 0.3) is 0 Å². The van der Waals surface area contributed by atoms with E-state index < -0.39 is 6.04 Å². The van der Waals surface area contributed by atoms with Gasteiger partial charge in [-0.15, -0.1) is 0 Å². The molecule has 1 heterocycles. The van der Waals surface area contributed by atoms with E-state index in [0.29, 0.717) is 6.54 Å². The third kappa shape index (κ3) is 2.97. The number of ether oxygens (including phenoxy) is 1. The van der Waals surface area contributed by atoms with Crippen LogP contribution >= 0.6 is 0 Å². The van der Waals surface area contributed by atoms with Crippen molar-refractivity contribution in [1.82, 2.24) is 5.32 Å². The maximum Gasteiger partial charge on any atom is 0.243 e. The Labute approximate surface area is 112 Å². The van der Waals surface area contributed by atoms with Crippen molar-refractivity contribution in [3.63, 3.8) is 0 Å². The zero-order valence-corrected chi connectivity index (χ0v) is 10.9. The number of hydrogen-bond acceptors (Lipinski definition) is 4. The summed E-state index contributed by atoms with van der Waals surface area (Å²) < 4.78 is 5.21. The number of carbonyl (C=O) groups excluding carboxylic acids is 1. The van der Waals surface area contributed by atoms with E-state index in [9.17, 15) is 4.79 Å². The van der Waals surface area contributed by atoms with E-state index in [4.69, 9.17) is 10.00 Å². The van der Waals surface area contributed by atoms with Crippen molar-refractivity contribution < 1.29 is 9.53 Å². The number of amides is 1. The Bertz CT molecular complexity index is 496. The number of hydrogen-bond donors (Lipinski definition) is 1. The molecule has 0 aliphatic carbocycles. The molecule has 5 heteroatoms. The summed E-state index contributed by atoms with van der Waals surface area (Å²) in [5.74, 6) is 0.666. The van der Waals surface area contributed by atoms with Crippen molar-refractivity contribution in [3.8, 4) is 11.8 Å². The number of nitriles is 1. The molecule has 2 rings (SSSR count). The van der Waals surface area contributed by atoms with E-state index in [0.717, 1.165) is 24.4 Å². The van der Waals surface area contributed by atoms with Crippen LogP contribution in [0.2, 0.25) is 0 Å². The highest BCUT2D eigenvalue weighted by Crippen LogP contribution is 2.24. The first-order valence-electron chi connectivity index (χ1n) is 6.31. The van der Waals surface area contributed by atoms with Crippen LogP contribution in [-0.4, -0.2) is 32.1 Å². The van der Waals surface area contributed by atoms with Crippen molar-refractivity contribution in [3.05, 3.63) is 24.3 Å². The van der Waals surface area contributed by atoms with Crippen molar-refractivity contribution in [2.75, 3.05) is 25.1 Å². The van der Waals surface area contributed by atoms with E-state index in [1.165, 1.54) is 0 Å². The van der Waals surface area contributed by atoms with Crippen molar-refractivity contribution >= 4 is 11.6 Å². The molecule has 1 saturated heterocycles. The van der Waals surface area contributed by atoms with E-state index in [1.54, 1.807) is 7.11 Å². The van der Waals surface area contributed by atoms with Gasteiger partial charge in [-0.2, -0.15) is 5.26 Å². The molecular weight excluding hydrogens is 242 g/mol. The summed E-state index contributed by atoms with van der Waals surface area (Å²) in [6, 6.07) is 9.24. The number of nitrogens with zero attached hydrogens (tertiary/aromatic N) is 2. The predicted octanol–water partition coefficient (Wildman–Crippen LogP) is 1.30. The average Bonchev–Trinajstić information content (AvgIpc) is 2.62. The Kier molecular flexibility index (Phi) is 4.24. The Morgan fingerprint density at radius 2 is 2.42 bits per heavy atom. The lowest BCUT2D eigenvalue weighted by atomic mass is 10.1. The third-order valence-corrected chi connectivity index (χ3v) is 3.22. The molecule has 0 bridgehead atoms. The fourth-order valence-corrected chi connectivity index (χ4v) is 2.26. The highest BCUT2D eigenvalue weighted by molar-refractivity contribution is 5.86. The van der Waals surface area contributed by atoms with Gasteiger partial charge >= 0.3 is 0 Å². The minimum Gasteiger partial charge on any atom is -0.497 e. The second kappa shape index (κ2) is 6.10. The number of carbonyl (C=O) groups is 1. The summed E-state index contributed by atoms with van der Waals surface area (Å²) in [5, 5.41) is 11.8. The minimum absolute atomic E-state index is 0.0816. The highest BCUT2D eigenvalue weighted by atomic mass is 16.5. The van der Waals surface area contributed by atoms with E-state index in [1.807, 2.05) is 29.2 Å². The Balaban J connectivity index is 2.31. The fourth-order valence-electron chi connectivity index (χ4n) is 2.26. The zero-order chi connectivity index (χ0) is 13.7. The van der Waals surface area contributed by atoms with Crippen LogP contribution in [0.3, 0.4) is 0 Å². The SMILES string of the molecule is COc1cccc(N2CCCNC(=O)C2CC#N)c1. The highest BCUT2D eigenvalue weighted by Gasteiger charge is 2.28. The van der Waals surface area contributed by atoms with Gasteiger partial charge in [0, 0.05) is 24.8 Å². The van der Waals surface area contributed by atoms with Gasteiger partial charge in [0.2, 0.25) is 5.91 Å². The van der Waals surface area contributed by atoms with Crippen LogP contribution < -0.4 is 15.0 Å². The van der Waals surface area contributed by atoms with Gasteiger partial charge in [-0.1, -0.05) is 6.07 Å². The summed E-state index contributed by atoms with van der Waals surface area (Å²) in [6.07, 6.45) is 1.05. The van der Waals surface area contributed by atoms with Gasteiger partial charge in [-0.25, -0.2) is 0 Å². The molecule has 1 atom stereocenters. The number of rotatable bonds is 3. The topological polar surface area (TPSA) is 65.4 Å². The van der Waals surface area contributed by atoms with Crippen LogP contribution in [0.15, 0.2) is 24.3 Å². The van der Waals surface area contributed by atoms with Crippen LogP contribution in [-0.2, 0) is 4.79 Å². The van der Waals surface area contributed by atoms with Crippen LogP contribution in [0, 0.1) is 11.3 Å². The molecule has 1 aliphatic heterocycles. The summed E-state index contributed by atoms with van der Waals surface area (Å²) in [5.41, 5.74) is 0.914. The Morgan fingerprint density at radius 3 is 3.16 bits per heavy atom. The molecule has 0 saturated carbocycles. The standard InChI is InChI=1S/C14H17N3O2/c1-19-12-5-2-4-11(10-12)17-9-3-8-16-14(18)13(17)6-7-15/h2,4-5,10,13H,3,6,8-9H2,1H3,(H,16,18). The smallest absolute Gasteiger partial charge is 0.243 e. The first-order valence-corrected chi connectivity index (χ1v) is 6.31. The van der Waals surface area contributed by atoms with Crippen molar-refractivity contribution in [2.24, 2.45) is 0 Å². The lowest BCUT2D eigenvalue weighted by Crippen LogP contribution is -2.44. The monoisotopic (exact) mass is 259 g/mol. The molecule has 1 fully saturated rings. The summed E-state index contributed by atoms with van der Waals surface area (Å²) in [6.45, 7) is 1.40. The van der Waals surface area contributed by atoms with E-state index in [-0.39, 0.29) is 12.3 Å². The molecule has 0 spiro atoms. The lowest BCUT2D eigenvalue weighted by Gasteiger charge is -2.29.